The Bertz CT molecular complexity index is 1110. The monoisotopic (exact) mass is 415 g/mol. The molecule has 0 bridgehead atoms. The van der Waals surface area contributed by atoms with Gasteiger partial charge in [-0.3, -0.25) is 20.4 Å². The van der Waals surface area contributed by atoms with Gasteiger partial charge in [-0.25, -0.2) is 22.8 Å². The Morgan fingerprint density at radius 2 is 1.52 bits per heavy atom. The average Bonchev–Trinajstić information content (AvgIpc) is 2.66. The molecule has 10 heteroatoms. The zero-order valence-electron chi connectivity index (χ0n) is 15.6. The van der Waals surface area contributed by atoms with E-state index in [1.54, 1.807) is 6.07 Å². The van der Waals surface area contributed by atoms with E-state index in [-0.39, 0.29) is 16.5 Å². The predicted octanol–water partition coefficient (Wildman–Crippen LogP) is 2.79. The van der Waals surface area contributed by atoms with E-state index >= 15 is 0 Å². The van der Waals surface area contributed by atoms with Gasteiger partial charge in [0.1, 0.15) is 5.82 Å². The first-order chi connectivity index (χ1) is 13.7. The van der Waals surface area contributed by atoms with Crippen LogP contribution in [0.3, 0.4) is 0 Å². The molecular formula is C19H18FN5O3S. The fraction of sp³-hybridized carbons (Fsp3) is 0.105. The SMILES string of the molecule is Cc1cc(C)nc(NNC(=O)c2ccc(NS(=O)(=O)c3ccc(F)cc3)cc2)n1. The Hall–Kier alpha value is -3.53. The Morgan fingerprint density at radius 1 is 0.931 bits per heavy atom. The number of carbonyl (C=O) groups is 1. The number of nitrogens with one attached hydrogen (secondary N) is 3. The molecule has 8 nitrogen and oxygen atoms in total. The van der Waals surface area contributed by atoms with Crippen molar-refractivity contribution in [2.75, 3.05) is 10.1 Å². The third-order valence-corrected chi connectivity index (χ3v) is 5.19. The van der Waals surface area contributed by atoms with Gasteiger partial charge in [0, 0.05) is 22.6 Å². The number of hydrogen-bond acceptors (Lipinski definition) is 6. The van der Waals surface area contributed by atoms with Crippen molar-refractivity contribution in [2.24, 2.45) is 0 Å². The third-order valence-electron chi connectivity index (χ3n) is 3.79. The number of nitrogens with zero attached hydrogens (tertiary/aromatic N) is 2. The molecule has 3 rings (SSSR count). The third kappa shape index (κ3) is 5.26. The van der Waals surface area contributed by atoms with Crippen molar-refractivity contribution in [3.8, 4) is 0 Å². The second-order valence-electron chi connectivity index (χ2n) is 6.19. The number of halogens is 1. The zero-order valence-corrected chi connectivity index (χ0v) is 16.4. The van der Waals surface area contributed by atoms with E-state index in [9.17, 15) is 17.6 Å². The molecule has 29 heavy (non-hydrogen) atoms. The quantitative estimate of drug-likeness (QED) is 0.534. The molecule has 3 N–H and O–H groups in total. The number of anilines is 2. The zero-order chi connectivity index (χ0) is 21.0. The van der Waals surface area contributed by atoms with E-state index in [0.717, 1.165) is 23.5 Å². The largest absolute Gasteiger partial charge is 0.280 e. The van der Waals surface area contributed by atoms with Gasteiger partial charge in [0.25, 0.3) is 15.9 Å². The fourth-order valence-corrected chi connectivity index (χ4v) is 3.54. The van der Waals surface area contributed by atoms with E-state index in [1.165, 1.54) is 36.4 Å². The van der Waals surface area contributed by atoms with E-state index in [1.807, 2.05) is 13.8 Å². The topological polar surface area (TPSA) is 113 Å². The average molecular weight is 415 g/mol. The van der Waals surface area contributed by atoms with Crippen LogP contribution in [0.2, 0.25) is 0 Å². The molecule has 2 aromatic carbocycles. The summed E-state index contributed by atoms with van der Waals surface area (Å²) >= 11 is 0. The van der Waals surface area contributed by atoms with Crippen molar-refractivity contribution in [3.05, 3.63) is 77.4 Å². The van der Waals surface area contributed by atoms with Gasteiger partial charge in [-0.1, -0.05) is 0 Å². The van der Waals surface area contributed by atoms with Crippen LogP contribution in [0.25, 0.3) is 0 Å². The minimum Gasteiger partial charge on any atom is -0.280 e. The van der Waals surface area contributed by atoms with Crippen LogP contribution in [0.15, 0.2) is 59.5 Å². The minimum atomic E-state index is -3.86. The van der Waals surface area contributed by atoms with Gasteiger partial charge in [-0.05, 0) is 68.4 Å². The molecule has 0 fully saturated rings. The molecule has 0 saturated heterocycles. The predicted molar refractivity (Wildman–Crippen MR) is 106 cm³/mol. The molecule has 1 heterocycles. The number of sulfonamides is 1. The van der Waals surface area contributed by atoms with Crippen LogP contribution in [-0.4, -0.2) is 24.3 Å². The molecule has 0 spiro atoms. The van der Waals surface area contributed by atoms with E-state index in [2.05, 4.69) is 25.5 Å². The summed E-state index contributed by atoms with van der Waals surface area (Å²) in [7, 11) is -3.86. The number of amides is 1. The van der Waals surface area contributed by atoms with E-state index in [0.29, 0.717) is 5.56 Å². The summed E-state index contributed by atoms with van der Waals surface area (Å²) in [5.74, 6) is -0.709. The van der Waals surface area contributed by atoms with Gasteiger partial charge in [0.2, 0.25) is 5.95 Å². The molecule has 0 aliphatic heterocycles. The van der Waals surface area contributed by atoms with E-state index < -0.39 is 21.7 Å². The van der Waals surface area contributed by atoms with Crippen LogP contribution in [-0.2, 0) is 10.0 Å². The van der Waals surface area contributed by atoms with Crippen LogP contribution < -0.4 is 15.6 Å². The number of aryl methyl sites for hydroxylation is 2. The van der Waals surface area contributed by atoms with Crippen LogP contribution in [0.4, 0.5) is 16.0 Å². The lowest BCUT2D eigenvalue weighted by Gasteiger charge is -2.10. The first kappa shape index (κ1) is 20.2. The molecule has 3 aromatic rings. The lowest BCUT2D eigenvalue weighted by molar-refractivity contribution is 0.0962. The molecule has 0 aliphatic carbocycles. The molecule has 1 aromatic heterocycles. The summed E-state index contributed by atoms with van der Waals surface area (Å²) in [4.78, 5) is 20.5. The summed E-state index contributed by atoms with van der Waals surface area (Å²) < 4.78 is 40.0. The minimum absolute atomic E-state index is 0.0710. The maximum absolute atomic E-state index is 13.0. The van der Waals surface area contributed by atoms with Crippen LogP contribution in [0.5, 0.6) is 0 Å². The maximum atomic E-state index is 13.0. The second-order valence-corrected chi connectivity index (χ2v) is 7.87. The summed E-state index contributed by atoms with van der Waals surface area (Å²) in [6.07, 6.45) is 0. The highest BCUT2D eigenvalue weighted by molar-refractivity contribution is 7.92. The number of aromatic nitrogens is 2. The van der Waals surface area contributed by atoms with Gasteiger partial charge < -0.3 is 0 Å². The van der Waals surface area contributed by atoms with Crippen molar-refractivity contribution < 1.29 is 17.6 Å². The molecular weight excluding hydrogens is 397 g/mol. The Kier molecular flexibility index (Phi) is 5.74. The molecule has 0 saturated carbocycles. The van der Waals surface area contributed by atoms with Crippen molar-refractivity contribution >= 4 is 27.6 Å². The molecule has 0 atom stereocenters. The van der Waals surface area contributed by atoms with Gasteiger partial charge in [-0.2, -0.15) is 0 Å². The highest BCUT2D eigenvalue weighted by Gasteiger charge is 2.14. The van der Waals surface area contributed by atoms with Crippen molar-refractivity contribution in [2.45, 2.75) is 18.7 Å². The summed E-state index contributed by atoms with van der Waals surface area (Å²) in [5, 5.41) is 0. The van der Waals surface area contributed by atoms with E-state index in [4.69, 9.17) is 0 Å². The fourth-order valence-electron chi connectivity index (χ4n) is 2.48. The molecule has 0 radical (unpaired) electrons. The lowest BCUT2D eigenvalue weighted by atomic mass is 10.2. The highest BCUT2D eigenvalue weighted by Crippen LogP contribution is 2.17. The first-order valence-corrected chi connectivity index (χ1v) is 9.98. The standard InChI is InChI=1S/C19H18FN5O3S/c1-12-11-13(2)22-19(21-12)24-23-18(26)14-3-7-16(8-4-14)25-29(27,28)17-9-5-15(20)6-10-17/h3-11,25H,1-2H3,(H,23,26)(H,21,22,24). The number of hydrogen-bond donors (Lipinski definition) is 3. The Balaban J connectivity index is 1.64. The number of benzene rings is 2. The van der Waals surface area contributed by atoms with Gasteiger partial charge in [0.15, 0.2) is 0 Å². The Morgan fingerprint density at radius 3 is 2.10 bits per heavy atom. The number of hydrazine groups is 1. The molecule has 0 aliphatic rings. The lowest BCUT2D eigenvalue weighted by Crippen LogP contribution is -2.30. The van der Waals surface area contributed by atoms with Crippen LogP contribution >= 0.6 is 0 Å². The first-order valence-electron chi connectivity index (χ1n) is 8.50. The van der Waals surface area contributed by atoms with Crippen LogP contribution in [0.1, 0.15) is 21.7 Å². The Labute approximate surface area is 167 Å². The van der Waals surface area contributed by atoms with Gasteiger partial charge in [0.05, 0.1) is 4.90 Å². The highest BCUT2D eigenvalue weighted by atomic mass is 32.2. The normalized spacial score (nSPS) is 11.0. The van der Waals surface area contributed by atoms with Crippen molar-refractivity contribution in [1.82, 2.24) is 15.4 Å². The van der Waals surface area contributed by atoms with Crippen LogP contribution in [0, 0.1) is 19.7 Å². The van der Waals surface area contributed by atoms with Crippen molar-refractivity contribution in [3.63, 3.8) is 0 Å². The number of rotatable bonds is 6. The molecule has 150 valence electrons. The van der Waals surface area contributed by atoms with Gasteiger partial charge >= 0.3 is 0 Å². The van der Waals surface area contributed by atoms with Crippen molar-refractivity contribution in [1.29, 1.82) is 0 Å². The molecule has 0 unspecified atom stereocenters. The summed E-state index contributed by atoms with van der Waals surface area (Å²) in [6, 6.07) is 12.1. The smallest absolute Gasteiger partial charge is 0.269 e. The van der Waals surface area contributed by atoms with Gasteiger partial charge in [-0.15, -0.1) is 0 Å². The summed E-state index contributed by atoms with van der Waals surface area (Å²) in [6.45, 7) is 3.63. The molecule has 1 amide bonds. The maximum Gasteiger partial charge on any atom is 0.269 e. The summed E-state index contributed by atoms with van der Waals surface area (Å²) in [5.41, 5.74) is 7.19. The number of carbonyl (C=O) groups excluding carboxylic acids is 1. The second kappa shape index (κ2) is 8.23.